The van der Waals surface area contributed by atoms with E-state index in [9.17, 15) is 9.59 Å². The fourth-order valence-electron chi connectivity index (χ4n) is 3.21. The Morgan fingerprint density at radius 3 is 2.58 bits per heavy atom. The van der Waals surface area contributed by atoms with Gasteiger partial charge in [0.1, 0.15) is 5.75 Å². The van der Waals surface area contributed by atoms with Crippen LogP contribution in [0, 0.1) is 5.92 Å². The quantitative estimate of drug-likeness (QED) is 0.863. The van der Waals surface area contributed by atoms with E-state index in [1.807, 2.05) is 55.5 Å². The van der Waals surface area contributed by atoms with Crippen LogP contribution in [0.5, 0.6) is 5.75 Å². The minimum atomic E-state index is -0.348. The molecule has 0 unspecified atom stereocenters. The molecule has 1 N–H and O–H groups in total. The number of anilines is 2. The number of nitrogens with zero attached hydrogens (tertiary/aromatic N) is 1. The van der Waals surface area contributed by atoms with Gasteiger partial charge in [0.15, 0.2) is 0 Å². The van der Waals surface area contributed by atoms with Crippen LogP contribution in [0.25, 0.3) is 0 Å². The second kappa shape index (κ2) is 8.04. The SMILES string of the molecule is CCOc1ccc(N2C[C@H](C(=O)Nc3ccccc3CC)CC2=O)cc1. The van der Waals surface area contributed by atoms with Crippen LogP contribution in [0.4, 0.5) is 11.4 Å². The summed E-state index contributed by atoms with van der Waals surface area (Å²) in [6.07, 6.45) is 1.08. The van der Waals surface area contributed by atoms with Crippen molar-refractivity contribution in [3.63, 3.8) is 0 Å². The van der Waals surface area contributed by atoms with Crippen molar-refractivity contribution in [1.29, 1.82) is 0 Å². The largest absolute Gasteiger partial charge is 0.494 e. The number of nitrogens with one attached hydrogen (secondary N) is 1. The fourth-order valence-corrected chi connectivity index (χ4v) is 3.21. The van der Waals surface area contributed by atoms with Crippen molar-refractivity contribution in [2.45, 2.75) is 26.7 Å². The number of aryl methyl sites for hydroxylation is 1. The summed E-state index contributed by atoms with van der Waals surface area (Å²) in [5.41, 5.74) is 2.71. The highest BCUT2D eigenvalue weighted by molar-refractivity contribution is 6.03. The topological polar surface area (TPSA) is 58.6 Å². The molecule has 2 aromatic rings. The van der Waals surface area contributed by atoms with Gasteiger partial charge in [-0.15, -0.1) is 0 Å². The van der Waals surface area contributed by atoms with E-state index < -0.39 is 0 Å². The van der Waals surface area contributed by atoms with Crippen molar-refractivity contribution in [3.8, 4) is 5.75 Å². The van der Waals surface area contributed by atoms with E-state index in [1.165, 1.54) is 0 Å². The number of hydrogen-bond acceptors (Lipinski definition) is 3. The Bertz CT molecular complexity index is 786. The van der Waals surface area contributed by atoms with Crippen LogP contribution in [0.2, 0.25) is 0 Å². The lowest BCUT2D eigenvalue weighted by Crippen LogP contribution is -2.28. The third-order valence-corrected chi connectivity index (χ3v) is 4.61. The summed E-state index contributed by atoms with van der Waals surface area (Å²) in [5, 5.41) is 2.98. The van der Waals surface area contributed by atoms with Crippen molar-refractivity contribution in [1.82, 2.24) is 0 Å². The van der Waals surface area contributed by atoms with Gasteiger partial charge in [0, 0.05) is 24.3 Å². The zero-order chi connectivity index (χ0) is 18.5. The van der Waals surface area contributed by atoms with Gasteiger partial charge >= 0.3 is 0 Å². The summed E-state index contributed by atoms with van der Waals surface area (Å²) in [4.78, 5) is 26.7. The minimum Gasteiger partial charge on any atom is -0.494 e. The Balaban J connectivity index is 1.68. The first-order chi connectivity index (χ1) is 12.6. The minimum absolute atomic E-state index is 0.0295. The highest BCUT2D eigenvalue weighted by Gasteiger charge is 2.35. The first-order valence-electron chi connectivity index (χ1n) is 9.04. The molecule has 5 heteroatoms. The second-order valence-corrected chi connectivity index (χ2v) is 6.33. The Hall–Kier alpha value is -2.82. The highest BCUT2D eigenvalue weighted by Crippen LogP contribution is 2.28. The monoisotopic (exact) mass is 352 g/mol. The third kappa shape index (κ3) is 3.87. The third-order valence-electron chi connectivity index (χ3n) is 4.61. The summed E-state index contributed by atoms with van der Waals surface area (Å²) >= 11 is 0. The van der Waals surface area contributed by atoms with Crippen molar-refractivity contribution < 1.29 is 14.3 Å². The van der Waals surface area contributed by atoms with Gasteiger partial charge in [0.2, 0.25) is 11.8 Å². The predicted octanol–water partition coefficient (Wildman–Crippen LogP) is 3.64. The molecular formula is C21H24N2O3. The summed E-state index contributed by atoms with van der Waals surface area (Å²) < 4.78 is 5.43. The molecule has 1 saturated heterocycles. The Morgan fingerprint density at radius 2 is 1.88 bits per heavy atom. The molecular weight excluding hydrogens is 328 g/mol. The highest BCUT2D eigenvalue weighted by atomic mass is 16.5. The first kappa shape index (κ1) is 18.0. The van der Waals surface area contributed by atoms with E-state index in [4.69, 9.17) is 4.74 Å². The Labute approximate surface area is 154 Å². The standard InChI is InChI=1S/C21H24N2O3/c1-3-15-7-5-6-8-19(15)22-21(25)16-13-20(24)23(14-16)17-9-11-18(12-10-17)26-4-2/h5-12,16H,3-4,13-14H2,1-2H3,(H,22,25)/t16-/m1/s1. The van der Waals surface area contributed by atoms with Crippen molar-refractivity contribution in [3.05, 3.63) is 54.1 Å². The number of rotatable bonds is 6. The predicted molar refractivity (Wildman–Crippen MR) is 103 cm³/mol. The van der Waals surface area contributed by atoms with Crippen molar-refractivity contribution >= 4 is 23.2 Å². The van der Waals surface area contributed by atoms with Gasteiger partial charge in [-0.25, -0.2) is 0 Å². The lowest BCUT2D eigenvalue weighted by Gasteiger charge is -2.17. The summed E-state index contributed by atoms with van der Waals surface area (Å²) in [6, 6.07) is 15.2. The van der Waals surface area contributed by atoms with Gasteiger partial charge in [0.05, 0.1) is 12.5 Å². The molecule has 0 aliphatic carbocycles. The number of carbonyl (C=O) groups excluding carboxylic acids is 2. The van der Waals surface area contributed by atoms with E-state index in [1.54, 1.807) is 4.90 Å². The molecule has 0 aromatic heterocycles. The average molecular weight is 352 g/mol. The molecule has 5 nitrogen and oxygen atoms in total. The zero-order valence-corrected chi connectivity index (χ0v) is 15.2. The number of para-hydroxylation sites is 1. The number of hydrogen-bond donors (Lipinski definition) is 1. The van der Waals surface area contributed by atoms with E-state index >= 15 is 0 Å². The van der Waals surface area contributed by atoms with E-state index in [-0.39, 0.29) is 24.2 Å². The summed E-state index contributed by atoms with van der Waals surface area (Å²) in [5.74, 6) is 0.290. The number of benzene rings is 2. The molecule has 1 fully saturated rings. The lowest BCUT2D eigenvalue weighted by molar-refractivity contribution is -0.122. The number of carbonyl (C=O) groups is 2. The van der Waals surface area contributed by atoms with Crippen molar-refractivity contribution in [2.75, 3.05) is 23.4 Å². The maximum absolute atomic E-state index is 12.6. The van der Waals surface area contributed by atoms with Crippen LogP contribution in [0.1, 0.15) is 25.8 Å². The maximum atomic E-state index is 12.6. The van der Waals surface area contributed by atoms with E-state index in [2.05, 4.69) is 12.2 Å². The molecule has 1 heterocycles. The molecule has 2 amide bonds. The molecule has 0 spiro atoms. The normalized spacial score (nSPS) is 16.6. The molecule has 0 bridgehead atoms. The van der Waals surface area contributed by atoms with Crippen LogP contribution in [-0.4, -0.2) is 25.0 Å². The number of amides is 2. The van der Waals surface area contributed by atoms with Gasteiger partial charge in [0.25, 0.3) is 0 Å². The van der Waals surface area contributed by atoms with Gasteiger partial charge in [-0.3, -0.25) is 9.59 Å². The van der Waals surface area contributed by atoms with Crippen LogP contribution >= 0.6 is 0 Å². The van der Waals surface area contributed by atoms with E-state index in [0.29, 0.717) is 13.2 Å². The van der Waals surface area contributed by atoms with Gasteiger partial charge in [-0.1, -0.05) is 25.1 Å². The van der Waals surface area contributed by atoms with Crippen LogP contribution in [0.15, 0.2) is 48.5 Å². The Morgan fingerprint density at radius 1 is 1.15 bits per heavy atom. The lowest BCUT2D eigenvalue weighted by atomic mass is 10.1. The zero-order valence-electron chi connectivity index (χ0n) is 15.2. The molecule has 0 saturated carbocycles. The molecule has 2 aromatic carbocycles. The summed E-state index contributed by atoms with van der Waals surface area (Å²) in [7, 11) is 0. The van der Waals surface area contributed by atoms with Crippen LogP contribution < -0.4 is 15.0 Å². The molecule has 1 atom stereocenters. The first-order valence-corrected chi connectivity index (χ1v) is 9.04. The van der Waals surface area contributed by atoms with Crippen LogP contribution in [-0.2, 0) is 16.0 Å². The van der Waals surface area contributed by atoms with E-state index in [0.717, 1.165) is 29.1 Å². The molecule has 0 radical (unpaired) electrons. The molecule has 1 aliphatic rings. The second-order valence-electron chi connectivity index (χ2n) is 6.33. The van der Waals surface area contributed by atoms with Crippen LogP contribution in [0.3, 0.4) is 0 Å². The number of ether oxygens (including phenoxy) is 1. The van der Waals surface area contributed by atoms with Gasteiger partial charge < -0.3 is 15.0 Å². The molecule has 136 valence electrons. The Kier molecular flexibility index (Phi) is 5.56. The van der Waals surface area contributed by atoms with Gasteiger partial charge in [-0.2, -0.15) is 0 Å². The molecule has 26 heavy (non-hydrogen) atoms. The van der Waals surface area contributed by atoms with Gasteiger partial charge in [-0.05, 0) is 49.2 Å². The average Bonchev–Trinajstić information content (AvgIpc) is 3.05. The summed E-state index contributed by atoms with van der Waals surface area (Å²) in [6.45, 7) is 4.98. The fraction of sp³-hybridized carbons (Fsp3) is 0.333. The smallest absolute Gasteiger partial charge is 0.229 e. The van der Waals surface area contributed by atoms with Crippen molar-refractivity contribution in [2.24, 2.45) is 5.92 Å². The molecule has 1 aliphatic heterocycles. The maximum Gasteiger partial charge on any atom is 0.229 e. The molecule has 3 rings (SSSR count).